The van der Waals surface area contributed by atoms with Crippen LogP contribution in [0.1, 0.15) is 13.3 Å². The van der Waals surface area contributed by atoms with E-state index in [9.17, 15) is 4.79 Å². The van der Waals surface area contributed by atoms with Crippen molar-refractivity contribution in [1.82, 2.24) is 9.97 Å². The third kappa shape index (κ3) is 4.97. The zero-order chi connectivity index (χ0) is 18.2. The van der Waals surface area contributed by atoms with Crippen LogP contribution in [0.25, 0.3) is 0 Å². The smallest absolute Gasteiger partial charge is 0.323 e. The number of benzene rings is 1. The third-order valence-corrected chi connectivity index (χ3v) is 3.47. The lowest BCUT2D eigenvalue weighted by molar-refractivity contribution is -0.135. The molecule has 0 unspecified atom stereocenters. The lowest BCUT2D eigenvalue weighted by Crippen LogP contribution is -2.31. The topological polar surface area (TPSA) is 96.8 Å². The van der Waals surface area contributed by atoms with Crippen LogP contribution in [0.3, 0.4) is 0 Å². The molecule has 1 aromatic heterocycles. The first kappa shape index (κ1) is 18.3. The highest BCUT2D eigenvalue weighted by atomic mass is 16.5. The van der Waals surface area contributed by atoms with Crippen molar-refractivity contribution in [3.8, 4) is 11.5 Å². The maximum absolute atomic E-state index is 11.0. The van der Waals surface area contributed by atoms with Crippen LogP contribution in [0.4, 0.5) is 17.3 Å². The van der Waals surface area contributed by atoms with Crippen LogP contribution in [0, 0.1) is 0 Å². The summed E-state index contributed by atoms with van der Waals surface area (Å²) < 4.78 is 10.5. The van der Waals surface area contributed by atoms with Crippen LogP contribution in [0.5, 0.6) is 11.5 Å². The zero-order valence-electron chi connectivity index (χ0n) is 14.5. The number of rotatable bonds is 9. The van der Waals surface area contributed by atoms with E-state index < -0.39 is 5.97 Å². The molecule has 0 saturated carbocycles. The van der Waals surface area contributed by atoms with Crippen molar-refractivity contribution in [2.24, 2.45) is 0 Å². The number of aliphatic carboxylic acids is 1. The number of carboxylic acid groups (broad SMARTS) is 1. The number of hydrogen-bond acceptors (Lipinski definition) is 7. The predicted octanol–water partition coefficient (Wildman–Crippen LogP) is 2.54. The summed E-state index contributed by atoms with van der Waals surface area (Å²) in [5, 5.41) is 12.2. The highest BCUT2D eigenvalue weighted by Gasteiger charge is 2.13. The molecule has 1 aromatic carbocycles. The third-order valence-electron chi connectivity index (χ3n) is 3.47. The number of aromatic nitrogens is 2. The molecule has 0 aliphatic heterocycles. The first-order valence-electron chi connectivity index (χ1n) is 7.85. The van der Waals surface area contributed by atoms with Crippen LogP contribution in [-0.2, 0) is 4.79 Å². The molecular formula is C17H22N4O4. The van der Waals surface area contributed by atoms with Crippen molar-refractivity contribution in [2.75, 3.05) is 37.5 Å². The second kappa shape index (κ2) is 8.72. The molecule has 0 atom stereocenters. The molecule has 0 bridgehead atoms. The van der Waals surface area contributed by atoms with Gasteiger partial charge in [0.25, 0.3) is 0 Å². The Morgan fingerprint density at radius 3 is 2.68 bits per heavy atom. The zero-order valence-corrected chi connectivity index (χ0v) is 14.5. The fourth-order valence-corrected chi connectivity index (χ4v) is 2.34. The van der Waals surface area contributed by atoms with Crippen molar-refractivity contribution in [1.29, 1.82) is 0 Å². The Morgan fingerprint density at radius 2 is 2.04 bits per heavy atom. The van der Waals surface area contributed by atoms with E-state index in [-0.39, 0.29) is 6.54 Å². The molecule has 25 heavy (non-hydrogen) atoms. The quantitative estimate of drug-likeness (QED) is 0.715. The van der Waals surface area contributed by atoms with Crippen molar-refractivity contribution >= 4 is 23.3 Å². The first-order chi connectivity index (χ1) is 12.1. The number of methoxy groups -OCH3 is 2. The Morgan fingerprint density at radius 1 is 1.24 bits per heavy atom. The summed E-state index contributed by atoms with van der Waals surface area (Å²) in [6.07, 6.45) is 2.21. The molecule has 0 spiro atoms. The molecule has 0 aliphatic rings. The minimum atomic E-state index is -0.904. The van der Waals surface area contributed by atoms with Gasteiger partial charge in [0, 0.05) is 18.7 Å². The number of ether oxygens (including phenoxy) is 2. The van der Waals surface area contributed by atoms with E-state index in [2.05, 4.69) is 15.3 Å². The second-order valence-electron chi connectivity index (χ2n) is 5.27. The summed E-state index contributed by atoms with van der Waals surface area (Å²) in [7, 11) is 3.16. The van der Waals surface area contributed by atoms with Gasteiger partial charge in [0.15, 0.2) is 0 Å². The SMILES string of the molecule is CCCN(CC(=O)O)c1cc(Nc2ccc(OC)cc2OC)ncn1. The minimum Gasteiger partial charge on any atom is -0.497 e. The molecule has 0 radical (unpaired) electrons. The van der Waals surface area contributed by atoms with E-state index in [4.69, 9.17) is 14.6 Å². The van der Waals surface area contributed by atoms with Crippen molar-refractivity contribution in [3.05, 3.63) is 30.6 Å². The average Bonchev–Trinajstić information content (AvgIpc) is 2.61. The molecule has 134 valence electrons. The Kier molecular flexibility index (Phi) is 6.39. The molecule has 0 fully saturated rings. The van der Waals surface area contributed by atoms with Crippen LogP contribution < -0.4 is 19.7 Å². The van der Waals surface area contributed by atoms with E-state index in [1.807, 2.05) is 13.0 Å². The van der Waals surface area contributed by atoms with Gasteiger partial charge < -0.3 is 24.8 Å². The van der Waals surface area contributed by atoms with Gasteiger partial charge >= 0.3 is 5.97 Å². The Hall–Kier alpha value is -3.03. The lowest BCUT2D eigenvalue weighted by Gasteiger charge is -2.21. The number of hydrogen-bond donors (Lipinski definition) is 2. The molecule has 8 heteroatoms. The monoisotopic (exact) mass is 346 g/mol. The highest BCUT2D eigenvalue weighted by Crippen LogP contribution is 2.31. The van der Waals surface area contributed by atoms with E-state index in [1.165, 1.54) is 6.33 Å². The lowest BCUT2D eigenvalue weighted by atomic mass is 10.2. The summed E-state index contributed by atoms with van der Waals surface area (Å²) in [5.74, 6) is 1.48. The van der Waals surface area contributed by atoms with E-state index in [0.29, 0.717) is 35.4 Å². The van der Waals surface area contributed by atoms with Gasteiger partial charge in [-0.25, -0.2) is 9.97 Å². The van der Waals surface area contributed by atoms with E-state index in [1.54, 1.807) is 37.3 Å². The molecule has 0 amide bonds. The normalized spacial score (nSPS) is 10.2. The predicted molar refractivity (Wildman–Crippen MR) is 95.0 cm³/mol. The fourth-order valence-electron chi connectivity index (χ4n) is 2.34. The van der Waals surface area contributed by atoms with Crippen LogP contribution in [-0.4, -0.2) is 48.4 Å². The van der Waals surface area contributed by atoms with Crippen LogP contribution in [0.2, 0.25) is 0 Å². The summed E-state index contributed by atoms with van der Waals surface area (Å²) >= 11 is 0. The van der Waals surface area contributed by atoms with Gasteiger partial charge in [-0.15, -0.1) is 0 Å². The maximum Gasteiger partial charge on any atom is 0.323 e. The minimum absolute atomic E-state index is 0.115. The Bertz CT molecular complexity index is 724. The Labute approximate surface area is 146 Å². The highest BCUT2D eigenvalue weighted by molar-refractivity contribution is 5.74. The van der Waals surface area contributed by atoms with Gasteiger partial charge in [0.1, 0.15) is 36.0 Å². The number of anilines is 3. The van der Waals surface area contributed by atoms with Crippen LogP contribution >= 0.6 is 0 Å². The number of nitrogens with one attached hydrogen (secondary N) is 1. The summed E-state index contributed by atoms with van der Waals surface area (Å²) in [6, 6.07) is 7.10. The van der Waals surface area contributed by atoms with Crippen LogP contribution in [0.15, 0.2) is 30.6 Å². The molecule has 8 nitrogen and oxygen atoms in total. The molecule has 2 aromatic rings. The fraction of sp³-hybridized carbons (Fsp3) is 0.353. The summed E-state index contributed by atoms with van der Waals surface area (Å²) in [5.41, 5.74) is 0.716. The van der Waals surface area contributed by atoms with Gasteiger partial charge in [-0.3, -0.25) is 4.79 Å². The molecule has 1 heterocycles. The average molecular weight is 346 g/mol. The first-order valence-corrected chi connectivity index (χ1v) is 7.85. The van der Waals surface area contributed by atoms with Gasteiger partial charge in [0.05, 0.1) is 19.9 Å². The summed E-state index contributed by atoms with van der Waals surface area (Å²) in [4.78, 5) is 21.1. The maximum atomic E-state index is 11.0. The second-order valence-corrected chi connectivity index (χ2v) is 5.27. The van der Waals surface area contributed by atoms with Gasteiger partial charge in [-0.1, -0.05) is 6.92 Å². The standard InChI is InChI=1S/C17H22N4O4/c1-4-7-21(10-17(22)23)16-9-15(18-11-19-16)20-13-6-5-12(24-2)8-14(13)25-3/h5-6,8-9,11H,4,7,10H2,1-3H3,(H,22,23)(H,18,19,20). The molecule has 2 N–H and O–H groups in total. The van der Waals surface area contributed by atoms with Crippen molar-refractivity contribution in [2.45, 2.75) is 13.3 Å². The van der Waals surface area contributed by atoms with Gasteiger partial charge in [0.2, 0.25) is 0 Å². The molecule has 2 rings (SSSR count). The van der Waals surface area contributed by atoms with Gasteiger partial charge in [-0.2, -0.15) is 0 Å². The number of nitrogens with zero attached hydrogens (tertiary/aromatic N) is 3. The number of carboxylic acids is 1. The van der Waals surface area contributed by atoms with Gasteiger partial charge in [-0.05, 0) is 18.6 Å². The van der Waals surface area contributed by atoms with Crippen molar-refractivity contribution in [3.63, 3.8) is 0 Å². The van der Waals surface area contributed by atoms with E-state index in [0.717, 1.165) is 6.42 Å². The Balaban J connectivity index is 2.25. The van der Waals surface area contributed by atoms with E-state index >= 15 is 0 Å². The molecule has 0 saturated heterocycles. The largest absolute Gasteiger partial charge is 0.497 e. The van der Waals surface area contributed by atoms with Crippen molar-refractivity contribution < 1.29 is 19.4 Å². The molecular weight excluding hydrogens is 324 g/mol. The number of carbonyl (C=O) groups is 1. The molecule has 0 aliphatic carbocycles. The summed E-state index contributed by atoms with van der Waals surface area (Å²) in [6.45, 7) is 2.46.